The van der Waals surface area contributed by atoms with E-state index in [0.29, 0.717) is 11.7 Å². The van der Waals surface area contributed by atoms with E-state index in [9.17, 15) is 14.0 Å². The van der Waals surface area contributed by atoms with Crippen molar-refractivity contribution in [3.8, 4) is 5.75 Å². The maximum atomic E-state index is 13.3. The van der Waals surface area contributed by atoms with Gasteiger partial charge in [-0.15, -0.1) is 10.1 Å². The van der Waals surface area contributed by atoms with Crippen LogP contribution in [0.25, 0.3) is 0 Å². The van der Waals surface area contributed by atoms with E-state index in [1.54, 1.807) is 11.8 Å². The number of nitrogens with zero attached hydrogens (tertiary/aromatic N) is 1. The highest BCUT2D eigenvalue weighted by molar-refractivity contribution is 5.98. The molecule has 1 heterocycles. The first-order chi connectivity index (χ1) is 16.4. The number of nitrogens with one attached hydrogen (secondary N) is 2. The summed E-state index contributed by atoms with van der Waals surface area (Å²) in [6.07, 6.45) is 1.85. The summed E-state index contributed by atoms with van der Waals surface area (Å²) in [5.74, 6) is -0.130. The number of amides is 2. The molecule has 3 aromatic carbocycles. The normalized spacial score (nSPS) is 18.7. The average molecular weight is 461 g/mol. The predicted octanol–water partition coefficient (Wildman–Crippen LogP) is 3.97. The van der Waals surface area contributed by atoms with Gasteiger partial charge < -0.3 is 10.1 Å². The Morgan fingerprint density at radius 3 is 2.26 bits per heavy atom. The van der Waals surface area contributed by atoms with Crippen LogP contribution in [0.2, 0.25) is 0 Å². The van der Waals surface area contributed by atoms with Gasteiger partial charge in [0, 0.05) is 16.7 Å². The van der Waals surface area contributed by atoms with E-state index < -0.39 is 23.8 Å². The van der Waals surface area contributed by atoms with Crippen molar-refractivity contribution in [1.29, 1.82) is 0 Å². The van der Waals surface area contributed by atoms with E-state index in [-0.39, 0.29) is 11.5 Å². The zero-order valence-corrected chi connectivity index (χ0v) is 19.3. The summed E-state index contributed by atoms with van der Waals surface area (Å²) in [6, 6.07) is 19.3. The molecule has 7 heteroatoms. The molecule has 1 aliphatic rings. The summed E-state index contributed by atoms with van der Waals surface area (Å²) in [4.78, 5) is 25.8. The van der Waals surface area contributed by atoms with Gasteiger partial charge in [0.2, 0.25) is 12.3 Å². The topological polar surface area (TPSA) is 70.4 Å². The molecule has 6 nitrogen and oxygen atoms in total. The van der Waals surface area contributed by atoms with Crippen molar-refractivity contribution < 1.29 is 23.4 Å². The molecule has 2 atom stereocenters. The molecular formula is C27H27FN3O3+. The molecule has 1 aliphatic heterocycles. The number of ether oxygens (including phenoxy) is 1. The van der Waals surface area contributed by atoms with Gasteiger partial charge in [0.1, 0.15) is 11.6 Å². The molecule has 0 saturated carbocycles. The number of hydrazine groups is 1. The van der Waals surface area contributed by atoms with E-state index in [1.807, 2.05) is 42.6 Å². The van der Waals surface area contributed by atoms with Crippen molar-refractivity contribution in [1.82, 2.24) is 10.7 Å². The number of hydrazone groups is 1. The number of benzene rings is 3. The summed E-state index contributed by atoms with van der Waals surface area (Å²) < 4.78 is 20.2. The Morgan fingerprint density at radius 2 is 1.68 bits per heavy atom. The third kappa shape index (κ3) is 4.98. The molecule has 2 N–H and O–H groups in total. The first-order valence-corrected chi connectivity index (χ1v) is 11.1. The van der Waals surface area contributed by atoms with Gasteiger partial charge >= 0.3 is 5.91 Å². The van der Waals surface area contributed by atoms with Crippen molar-refractivity contribution in [2.75, 3.05) is 7.11 Å². The summed E-state index contributed by atoms with van der Waals surface area (Å²) >= 11 is 0. The number of carbonyl (C=O) groups is 2. The molecule has 174 valence electrons. The van der Waals surface area contributed by atoms with Crippen molar-refractivity contribution >= 4 is 18.0 Å². The maximum absolute atomic E-state index is 13.3. The summed E-state index contributed by atoms with van der Waals surface area (Å²) in [7, 11) is 1.59. The van der Waals surface area contributed by atoms with Crippen LogP contribution < -0.4 is 15.5 Å². The minimum Gasteiger partial charge on any atom is -0.497 e. The molecule has 1 saturated heterocycles. The molecule has 0 aromatic heterocycles. The lowest BCUT2D eigenvalue weighted by Crippen LogP contribution is -2.42. The molecule has 0 aliphatic carbocycles. The first kappa shape index (κ1) is 23.2. The van der Waals surface area contributed by atoms with Crippen LogP contribution in [0.5, 0.6) is 5.75 Å². The van der Waals surface area contributed by atoms with Crippen LogP contribution in [0.4, 0.5) is 4.39 Å². The highest BCUT2D eigenvalue weighted by Crippen LogP contribution is 2.27. The third-order valence-corrected chi connectivity index (χ3v) is 5.88. The lowest BCUT2D eigenvalue weighted by atomic mass is 9.99. The van der Waals surface area contributed by atoms with E-state index in [1.165, 1.54) is 29.8 Å². The Morgan fingerprint density at radius 1 is 1.03 bits per heavy atom. The number of hydrogen-bond donors (Lipinski definition) is 2. The predicted molar refractivity (Wildman–Crippen MR) is 127 cm³/mol. The highest BCUT2D eigenvalue weighted by atomic mass is 19.1. The van der Waals surface area contributed by atoms with Gasteiger partial charge in [0.25, 0.3) is 5.91 Å². The Bertz CT molecular complexity index is 1200. The van der Waals surface area contributed by atoms with E-state index in [2.05, 4.69) is 36.7 Å². The van der Waals surface area contributed by atoms with Crippen molar-refractivity contribution in [2.45, 2.75) is 31.8 Å². The van der Waals surface area contributed by atoms with Gasteiger partial charge in [-0.05, 0) is 72.1 Å². The first-order valence-electron chi connectivity index (χ1n) is 11.1. The largest absolute Gasteiger partial charge is 0.497 e. The zero-order chi connectivity index (χ0) is 24.2. The lowest BCUT2D eigenvalue weighted by Gasteiger charge is -2.15. The smallest absolute Gasteiger partial charge is 0.304 e. The second-order valence-corrected chi connectivity index (χ2v) is 8.51. The van der Waals surface area contributed by atoms with Gasteiger partial charge in [0.15, 0.2) is 6.04 Å². The molecule has 0 unspecified atom stereocenters. The van der Waals surface area contributed by atoms with Gasteiger partial charge in [-0.1, -0.05) is 26.0 Å². The molecule has 1 fully saturated rings. The van der Waals surface area contributed by atoms with E-state index in [4.69, 9.17) is 4.74 Å². The number of rotatable bonds is 6. The van der Waals surface area contributed by atoms with Gasteiger partial charge in [-0.3, -0.25) is 9.59 Å². The summed E-state index contributed by atoms with van der Waals surface area (Å²) in [6.45, 7) is 4.26. The molecule has 0 radical (unpaired) electrons. The molecule has 2 amide bonds. The lowest BCUT2D eigenvalue weighted by molar-refractivity contribution is -0.596. The van der Waals surface area contributed by atoms with Crippen LogP contribution >= 0.6 is 0 Å². The molecule has 3 aromatic rings. The fourth-order valence-corrected chi connectivity index (χ4v) is 3.93. The SMILES string of the molecule is COc1ccc([C@@H]2[C@H](NC(=O)c3ccc(F)cc3)C(=O)N/[N+]2=C\c2ccc(C(C)C)cc2)cc1. The molecule has 34 heavy (non-hydrogen) atoms. The van der Waals surface area contributed by atoms with Crippen LogP contribution in [0.15, 0.2) is 72.8 Å². The highest BCUT2D eigenvalue weighted by Gasteiger charge is 2.47. The van der Waals surface area contributed by atoms with Crippen molar-refractivity contribution in [2.24, 2.45) is 0 Å². The van der Waals surface area contributed by atoms with Crippen molar-refractivity contribution in [3.63, 3.8) is 0 Å². The minimum absolute atomic E-state index is 0.273. The summed E-state index contributed by atoms with van der Waals surface area (Å²) in [5.41, 5.74) is 6.09. The second kappa shape index (κ2) is 9.87. The second-order valence-electron chi connectivity index (χ2n) is 8.51. The maximum Gasteiger partial charge on any atom is 0.304 e. The molecular weight excluding hydrogens is 433 g/mol. The number of carbonyl (C=O) groups excluding carboxylic acids is 2. The third-order valence-electron chi connectivity index (χ3n) is 5.88. The Hall–Kier alpha value is -4.00. The molecule has 0 spiro atoms. The van der Waals surface area contributed by atoms with Crippen LogP contribution in [0.1, 0.15) is 52.9 Å². The van der Waals surface area contributed by atoms with Crippen LogP contribution in [0.3, 0.4) is 0 Å². The van der Waals surface area contributed by atoms with E-state index >= 15 is 0 Å². The molecule has 0 bridgehead atoms. The Labute approximate surface area is 198 Å². The number of halogens is 1. The minimum atomic E-state index is -0.864. The average Bonchev–Trinajstić information content (AvgIpc) is 3.14. The standard InChI is InChI=1S/C27H26FN3O3/c1-17(2)19-6-4-18(5-7-19)16-31-25(20-10-14-23(34-3)15-11-20)24(27(33)30-31)29-26(32)21-8-12-22(28)13-9-21/h4-17,24-25H,1-3H3,(H-,29,30,32,33)/p+1/b31-16-/t24-,25+/m0/s1. The van der Waals surface area contributed by atoms with Crippen LogP contribution in [-0.4, -0.2) is 35.9 Å². The fraction of sp³-hybridized carbons (Fsp3) is 0.222. The molecule has 4 rings (SSSR count). The van der Waals surface area contributed by atoms with Gasteiger partial charge in [-0.2, -0.15) is 0 Å². The van der Waals surface area contributed by atoms with E-state index in [0.717, 1.165) is 11.1 Å². The zero-order valence-electron chi connectivity index (χ0n) is 19.3. The fourth-order valence-electron chi connectivity index (χ4n) is 3.93. The van der Waals surface area contributed by atoms with Gasteiger partial charge in [-0.25, -0.2) is 4.39 Å². The van der Waals surface area contributed by atoms with Crippen LogP contribution in [-0.2, 0) is 4.79 Å². The van der Waals surface area contributed by atoms with Gasteiger partial charge in [0.05, 0.1) is 7.11 Å². The van der Waals surface area contributed by atoms with Crippen molar-refractivity contribution in [3.05, 3.63) is 101 Å². The monoisotopic (exact) mass is 460 g/mol. The summed E-state index contributed by atoms with van der Waals surface area (Å²) in [5, 5.41) is 2.82. The Kier molecular flexibility index (Phi) is 6.72. The number of methoxy groups -OCH3 is 1. The Balaban J connectivity index is 1.68. The van der Waals surface area contributed by atoms with Crippen LogP contribution in [0, 0.1) is 5.82 Å². The number of hydrogen-bond acceptors (Lipinski definition) is 3. The quantitative estimate of drug-likeness (QED) is 0.547.